The minimum Gasteiger partial charge on any atom is -0.481 e. The van der Waals surface area contributed by atoms with Gasteiger partial charge in [-0.3, -0.25) is 9.59 Å². The number of carboxylic acid groups (broad SMARTS) is 1. The van der Waals surface area contributed by atoms with Crippen LogP contribution in [0.2, 0.25) is 0 Å². The highest BCUT2D eigenvalue weighted by atomic mass is 16.4. The summed E-state index contributed by atoms with van der Waals surface area (Å²) in [5, 5.41) is 11.6. The van der Waals surface area contributed by atoms with Gasteiger partial charge in [0.15, 0.2) is 0 Å². The van der Waals surface area contributed by atoms with Crippen LogP contribution >= 0.6 is 0 Å². The molecule has 0 rings (SSSR count). The lowest BCUT2D eigenvalue weighted by atomic mass is 9.94. The molecule has 5 nitrogen and oxygen atoms in total. The van der Waals surface area contributed by atoms with Gasteiger partial charge >= 0.3 is 5.97 Å². The SMILES string of the molecule is CC(C)CC(CNC(=O)CC(C)(C)N)CC(=O)O. The molecule has 0 saturated heterocycles. The highest BCUT2D eigenvalue weighted by Gasteiger charge is 2.19. The monoisotopic (exact) mass is 258 g/mol. The molecule has 0 aromatic carbocycles. The lowest BCUT2D eigenvalue weighted by molar-refractivity contribution is -0.138. The van der Waals surface area contributed by atoms with Gasteiger partial charge in [0.1, 0.15) is 0 Å². The first-order valence-electron chi connectivity index (χ1n) is 6.37. The molecule has 5 heteroatoms. The van der Waals surface area contributed by atoms with Crippen molar-refractivity contribution in [1.82, 2.24) is 5.32 Å². The largest absolute Gasteiger partial charge is 0.481 e. The number of amides is 1. The summed E-state index contributed by atoms with van der Waals surface area (Å²) in [5.41, 5.74) is 5.21. The molecule has 0 heterocycles. The third-order valence-corrected chi connectivity index (χ3v) is 2.47. The van der Waals surface area contributed by atoms with Crippen LogP contribution in [0.5, 0.6) is 0 Å². The van der Waals surface area contributed by atoms with E-state index in [1.807, 2.05) is 13.8 Å². The van der Waals surface area contributed by atoms with Gasteiger partial charge in [0, 0.05) is 24.9 Å². The number of carbonyl (C=O) groups is 2. The second-order valence-electron chi connectivity index (χ2n) is 6.06. The number of nitrogens with one attached hydrogen (secondary N) is 1. The van der Waals surface area contributed by atoms with Crippen molar-refractivity contribution in [1.29, 1.82) is 0 Å². The highest BCUT2D eigenvalue weighted by Crippen LogP contribution is 2.15. The summed E-state index contributed by atoms with van der Waals surface area (Å²) in [6.07, 6.45) is 1.12. The molecule has 0 fully saturated rings. The molecule has 4 N–H and O–H groups in total. The number of hydrogen-bond acceptors (Lipinski definition) is 3. The van der Waals surface area contributed by atoms with E-state index >= 15 is 0 Å². The van der Waals surface area contributed by atoms with Crippen LogP contribution in [-0.4, -0.2) is 29.1 Å². The predicted octanol–water partition coefficient (Wildman–Crippen LogP) is 1.37. The van der Waals surface area contributed by atoms with E-state index in [9.17, 15) is 9.59 Å². The quantitative estimate of drug-likeness (QED) is 0.613. The fourth-order valence-corrected chi connectivity index (χ4v) is 1.89. The van der Waals surface area contributed by atoms with Gasteiger partial charge in [-0.2, -0.15) is 0 Å². The van der Waals surface area contributed by atoms with Crippen molar-refractivity contribution in [3.05, 3.63) is 0 Å². The summed E-state index contributed by atoms with van der Waals surface area (Å²) < 4.78 is 0. The van der Waals surface area contributed by atoms with Gasteiger partial charge in [0.05, 0.1) is 0 Å². The Labute approximate surface area is 109 Å². The fraction of sp³-hybridized carbons (Fsp3) is 0.846. The molecule has 0 saturated carbocycles. The van der Waals surface area contributed by atoms with Crippen molar-refractivity contribution in [2.45, 2.75) is 52.5 Å². The van der Waals surface area contributed by atoms with Gasteiger partial charge in [-0.15, -0.1) is 0 Å². The standard InChI is InChI=1S/C13H26N2O3/c1-9(2)5-10(6-12(17)18)8-15-11(16)7-13(3,4)14/h9-10H,5-8,14H2,1-4H3,(H,15,16)(H,17,18). The van der Waals surface area contributed by atoms with Crippen LogP contribution in [0.1, 0.15) is 47.0 Å². The van der Waals surface area contributed by atoms with Crippen molar-refractivity contribution in [2.24, 2.45) is 17.6 Å². The Balaban J connectivity index is 4.17. The second kappa shape index (κ2) is 7.36. The molecular weight excluding hydrogens is 232 g/mol. The van der Waals surface area contributed by atoms with E-state index in [0.29, 0.717) is 12.5 Å². The van der Waals surface area contributed by atoms with E-state index in [2.05, 4.69) is 5.32 Å². The number of aliphatic carboxylic acids is 1. The first-order valence-corrected chi connectivity index (χ1v) is 6.37. The van der Waals surface area contributed by atoms with Crippen molar-refractivity contribution in [3.8, 4) is 0 Å². The average Bonchev–Trinajstić information content (AvgIpc) is 2.09. The van der Waals surface area contributed by atoms with E-state index in [1.54, 1.807) is 13.8 Å². The van der Waals surface area contributed by atoms with Gasteiger partial charge < -0.3 is 16.2 Å². The third-order valence-electron chi connectivity index (χ3n) is 2.47. The van der Waals surface area contributed by atoms with E-state index in [-0.39, 0.29) is 24.7 Å². The summed E-state index contributed by atoms with van der Waals surface area (Å²) in [7, 11) is 0. The fourth-order valence-electron chi connectivity index (χ4n) is 1.89. The number of nitrogens with two attached hydrogens (primary N) is 1. The highest BCUT2D eigenvalue weighted by molar-refractivity contribution is 5.77. The lowest BCUT2D eigenvalue weighted by Crippen LogP contribution is -2.40. The Morgan fingerprint density at radius 1 is 1.33 bits per heavy atom. The maximum absolute atomic E-state index is 11.6. The third kappa shape index (κ3) is 10.1. The van der Waals surface area contributed by atoms with Crippen LogP contribution in [-0.2, 0) is 9.59 Å². The molecule has 0 spiro atoms. The molecule has 1 amide bonds. The Morgan fingerprint density at radius 2 is 1.89 bits per heavy atom. The Kier molecular flexibility index (Phi) is 6.91. The zero-order chi connectivity index (χ0) is 14.3. The molecule has 0 aliphatic rings. The topological polar surface area (TPSA) is 92.4 Å². The van der Waals surface area contributed by atoms with Crippen LogP contribution in [0, 0.1) is 11.8 Å². The van der Waals surface area contributed by atoms with E-state index < -0.39 is 11.5 Å². The molecule has 18 heavy (non-hydrogen) atoms. The van der Waals surface area contributed by atoms with Crippen LogP contribution in [0.3, 0.4) is 0 Å². The number of carboxylic acids is 1. The van der Waals surface area contributed by atoms with Gasteiger partial charge in [0.2, 0.25) is 5.91 Å². The zero-order valence-corrected chi connectivity index (χ0v) is 11.8. The van der Waals surface area contributed by atoms with E-state index in [1.165, 1.54) is 0 Å². The number of hydrogen-bond donors (Lipinski definition) is 3. The molecule has 1 atom stereocenters. The molecule has 0 aromatic heterocycles. The van der Waals surface area contributed by atoms with Crippen molar-refractivity contribution < 1.29 is 14.7 Å². The van der Waals surface area contributed by atoms with Gasteiger partial charge in [0.25, 0.3) is 0 Å². The molecule has 0 radical (unpaired) electrons. The Hall–Kier alpha value is -1.10. The second-order valence-corrected chi connectivity index (χ2v) is 6.06. The van der Waals surface area contributed by atoms with E-state index in [4.69, 9.17) is 10.8 Å². The maximum Gasteiger partial charge on any atom is 0.303 e. The Bertz CT molecular complexity index is 282. The molecule has 106 valence electrons. The summed E-state index contributed by atoms with van der Waals surface area (Å²) in [6.45, 7) is 8.06. The van der Waals surface area contributed by atoms with Gasteiger partial charge in [-0.05, 0) is 32.1 Å². The summed E-state index contributed by atoms with van der Waals surface area (Å²) in [4.78, 5) is 22.3. The van der Waals surface area contributed by atoms with Crippen LogP contribution in [0.25, 0.3) is 0 Å². The number of carbonyl (C=O) groups excluding carboxylic acids is 1. The minimum absolute atomic E-state index is 0.0210. The van der Waals surface area contributed by atoms with Gasteiger partial charge in [-0.1, -0.05) is 13.8 Å². The van der Waals surface area contributed by atoms with Crippen LogP contribution in [0.15, 0.2) is 0 Å². The average molecular weight is 258 g/mol. The van der Waals surface area contributed by atoms with Crippen LogP contribution < -0.4 is 11.1 Å². The molecule has 0 aromatic rings. The molecule has 1 unspecified atom stereocenters. The minimum atomic E-state index is -0.825. The normalized spacial score (nSPS) is 13.4. The zero-order valence-electron chi connectivity index (χ0n) is 11.8. The first-order chi connectivity index (χ1) is 8.10. The van der Waals surface area contributed by atoms with Crippen molar-refractivity contribution in [2.75, 3.05) is 6.54 Å². The van der Waals surface area contributed by atoms with Crippen molar-refractivity contribution in [3.63, 3.8) is 0 Å². The van der Waals surface area contributed by atoms with Gasteiger partial charge in [-0.25, -0.2) is 0 Å². The van der Waals surface area contributed by atoms with Crippen molar-refractivity contribution >= 4 is 11.9 Å². The molecule has 0 aliphatic heterocycles. The lowest BCUT2D eigenvalue weighted by Gasteiger charge is -2.21. The summed E-state index contributed by atoms with van der Waals surface area (Å²) in [6, 6.07) is 0. The summed E-state index contributed by atoms with van der Waals surface area (Å²) in [5.74, 6) is -0.555. The number of rotatable bonds is 8. The van der Waals surface area contributed by atoms with E-state index in [0.717, 1.165) is 6.42 Å². The maximum atomic E-state index is 11.6. The Morgan fingerprint density at radius 3 is 2.28 bits per heavy atom. The smallest absolute Gasteiger partial charge is 0.303 e. The predicted molar refractivity (Wildman–Crippen MR) is 71.1 cm³/mol. The molecule has 0 aliphatic carbocycles. The molecular formula is C13H26N2O3. The molecule has 0 bridgehead atoms. The summed E-state index contributed by atoms with van der Waals surface area (Å²) >= 11 is 0. The van der Waals surface area contributed by atoms with Crippen LogP contribution in [0.4, 0.5) is 0 Å². The first kappa shape index (κ1) is 16.9.